The Balaban J connectivity index is 2.22. The quantitative estimate of drug-likeness (QED) is 0.644. The van der Waals surface area contributed by atoms with Crippen LogP contribution in [0.1, 0.15) is 36.6 Å². The van der Waals surface area contributed by atoms with Crippen molar-refractivity contribution in [3.8, 4) is 11.8 Å². The Kier molecular flexibility index (Phi) is 4.58. The smallest absolute Gasteiger partial charge is 0.251 e. The normalized spacial score (nSPS) is 21.5. The third-order valence-electron chi connectivity index (χ3n) is 4.24. The maximum absolute atomic E-state index is 12.6. The monoisotopic (exact) mass is 450 g/mol. The molecule has 124 valence electrons. The predicted octanol–water partition coefficient (Wildman–Crippen LogP) is 4.14. The van der Waals surface area contributed by atoms with Crippen molar-refractivity contribution in [2.45, 2.75) is 35.6 Å². The molecule has 0 aliphatic carbocycles. The molecular weight excluding hydrogens is 436 g/mol. The van der Waals surface area contributed by atoms with Crippen LogP contribution >= 0.6 is 31.9 Å². The highest BCUT2D eigenvalue weighted by molar-refractivity contribution is 9.09. The number of nitriles is 1. The van der Waals surface area contributed by atoms with E-state index in [4.69, 9.17) is 4.74 Å². The van der Waals surface area contributed by atoms with Gasteiger partial charge in [0.05, 0.1) is 22.5 Å². The molecule has 0 spiro atoms. The summed E-state index contributed by atoms with van der Waals surface area (Å²) in [5, 5.41) is 9.85. The number of hydrogen-bond acceptors (Lipinski definition) is 3. The average molecular weight is 452 g/mol. The molecular formula is C18H16Br2N2O2. The molecule has 4 nitrogen and oxygen atoms in total. The lowest BCUT2D eigenvalue weighted by atomic mass is 9.88. The van der Waals surface area contributed by atoms with Gasteiger partial charge in [-0.15, -0.1) is 0 Å². The maximum atomic E-state index is 12.6. The summed E-state index contributed by atoms with van der Waals surface area (Å²) in [7, 11) is 0. The fraction of sp³-hybridized carbons (Fsp3) is 0.333. The second-order valence-electron chi connectivity index (χ2n) is 6.33. The first-order chi connectivity index (χ1) is 11.4. The minimum absolute atomic E-state index is 0.0765. The molecule has 1 aliphatic heterocycles. The molecule has 0 unspecified atom stereocenters. The SMILES string of the molecule is CC1(C)Oc2ccc(C#N)cc2[C@@H](n2ccc(CBr)cc2=O)[C@@H]1Br. The molecule has 1 aromatic heterocycles. The largest absolute Gasteiger partial charge is 0.486 e. The summed E-state index contributed by atoms with van der Waals surface area (Å²) in [5.74, 6) is 0.705. The summed E-state index contributed by atoms with van der Waals surface area (Å²) in [6.45, 7) is 3.97. The van der Waals surface area contributed by atoms with Crippen molar-refractivity contribution in [1.82, 2.24) is 4.57 Å². The van der Waals surface area contributed by atoms with Crippen molar-refractivity contribution in [2.75, 3.05) is 0 Å². The van der Waals surface area contributed by atoms with Gasteiger partial charge in [-0.25, -0.2) is 0 Å². The highest BCUT2D eigenvalue weighted by atomic mass is 79.9. The number of fused-ring (bicyclic) bond motifs is 1. The van der Waals surface area contributed by atoms with Gasteiger partial charge < -0.3 is 9.30 Å². The average Bonchev–Trinajstić information content (AvgIpc) is 2.56. The van der Waals surface area contributed by atoms with E-state index >= 15 is 0 Å². The molecule has 3 rings (SSSR count). The molecule has 0 N–H and O–H groups in total. The zero-order valence-electron chi connectivity index (χ0n) is 13.3. The molecule has 0 amide bonds. The second-order valence-corrected chi connectivity index (χ2v) is 7.88. The summed E-state index contributed by atoms with van der Waals surface area (Å²) >= 11 is 7.10. The Morgan fingerprint density at radius 2 is 2.08 bits per heavy atom. The van der Waals surface area contributed by atoms with Crippen LogP contribution in [-0.4, -0.2) is 15.0 Å². The lowest BCUT2D eigenvalue weighted by Gasteiger charge is -2.42. The van der Waals surface area contributed by atoms with Gasteiger partial charge in [-0.2, -0.15) is 5.26 Å². The van der Waals surface area contributed by atoms with Crippen LogP contribution in [-0.2, 0) is 5.33 Å². The number of halogens is 2. The van der Waals surface area contributed by atoms with E-state index in [0.29, 0.717) is 16.6 Å². The van der Waals surface area contributed by atoms with Gasteiger partial charge in [0.15, 0.2) is 0 Å². The molecule has 0 radical (unpaired) electrons. The van der Waals surface area contributed by atoms with Crippen molar-refractivity contribution < 1.29 is 4.74 Å². The van der Waals surface area contributed by atoms with E-state index < -0.39 is 5.60 Å². The molecule has 1 aromatic carbocycles. The lowest BCUT2D eigenvalue weighted by molar-refractivity contribution is 0.0763. The van der Waals surface area contributed by atoms with Crippen LogP contribution in [0, 0.1) is 11.3 Å². The van der Waals surface area contributed by atoms with Crippen LogP contribution < -0.4 is 10.3 Å². The highest BCUT2D eigenvalue weighted by Crippen LogP contribution is 2.45. The number of pyridine rings is 1. The first-order valence-electron chi connectivity index (χ1n) is 7.51. The van der Waals surface area contributed by atoms with Crippen LogP contribution in [0.5, 0.6) is 5.75 Å². The van der Waals surface area contributed by atoms with Crippen molar-refractivity contribution >= 4 is 31.9 Å². The first kappa shape index (κ1) is 17.2. The second kappa shape index (κ2) is 6.38. The Morgan fingerprint density at radius 1 is 1.33 bits per heavy atom. The molecule has 24 heavy (non-hydrogen) atoms. The third-order valence-corrected chi connectivity index (χ3v) is 6.49. The van der Waals surface area contributed by atoms with E-state index in [2.05, 4.69) is 37.9 Å². The van der Waals surface area contributed by atoms with Crippen molar-refractivity contribution in [1.29, 1.82) is 5.26 Å². The fourth-order valence-corrected chi connectivity index (χ4v) is 3.94. The zero-order valence-corrected chi connectivity index (χ0v) is 16.5. The van der Waals surface area contributed by atoms with Crippen molar-refractivity contribution in [3.05, 3.63) is 63.6 Å². The Morgan fingerprint density at radius 3 is 2.71 bits per heavy atom. The van der Waals surface area contributed by atoms with Gasteiger partial charge in [-0.1, -0.05) is 31.9 Å². The van der Waals surface area contributed by atoms with Gasteiger partial charge in [0, 0.05) is 23.2 Å². The van der Waals surface area contributed by atoms with Gasteiger partial charge >= 0.3 is 0 Å². The standard InChI is InChI=1S/C18H16Br2N2O2/c1-18(2)17(20)16(22-6-5-11(9-19)8-15(22)23)13-7-12(10-21)3-4-14(13)24-18/h3-8,16-17H,9H2,1-2H3/t16-,17+/m1/s1. The van der Waals surface area contributed by atoms with Crippen LogP contribution in [0.3, 0.4) is 0 Å². The zero-order chi connectivity index (χ0) is 17.5. The number of hydrogen-bond donors (Lipinski definition) is 0. The van der Waals surface area contributed by atoms with Gasteiger partial charge in [0.1, 0.15) is 11.4 Å². The lowest BCUT2D eigenvalue weighted by Crippen LogP contribution is -2.49. The molecule has 0 fully saturated rings. The van der Waals surface area contributed by atoms with Crippen LogP contribution in [0.15, 0.2) is 41.3 Å². The minimum Gasteiger partial charge on any atom is -0.486 e. The van der Waals surface area contributed by atoms with Gasteiger partial charge in [-0.3, -0.25) is 4.79 Å². The van der Waals surface area contributed by atoms with Crippen LogP contribution in [0.2, 0.25) is 0 Å². The molecule has 6 heteroatoms. The van der Waals surface area contributed by atoms with Gasteiger partial charge in [-0.05, 0) is 43.7 Å². The highest BCUT2D eigenvalue weighted by Gasteiger charge is 2.43. The van der Waals surface area contributed by atoms with E-state index in [1.165, 1.54) is 0 Å². The maximum Gasteiger partial charge on any atom is 0.251 e. The molecule has 0 saturated heterocycles. The molecule has 2 aromatic rings. The number of nitrogens with zero attached hydrogens (tertiary/aromatic N) is 2. The molecule has 0 bridgehead atoms. The topological polar surface area (TPSA) is 55.0 Å². The van der Waals surface area contributed by atoms with Crippen LogP contribution in [0.4, 0.5) is 0 Å². The summed E-state index contributed by atoms with van der Waals surface area (Å²) < 4.78 is 7.79. The van der Waals surface area contributed by atoms with E-state index in [1.54, 1.807) is 28.8 Å². The van der Waals surface area contributed by atoms with E-state index in [-0.39, 0.29) is 16.4 Å². The Bertz CT molecular complexity index is 883. The molecule has 2 atom stereocenters. The number of alkyl halides is 2. The van der Waals surface area contributed by atoms with Crippen LogP contribution in [0.25, 0.3) is 0 Å². The minimum atomic E-state index is -0.501. The number of ether oxygens (including phenoxy) is 1. The summed E-state index contributed by atoms with van der Waals surface area (Å²) in [6, 6.07) is 10.8. The Hall–Kier alpha value is -1.58. The fourth-order valence-electron chi connectivity index (χ4n) is 2.95. The first-order valence-corrected chi connectivity index (χ1v) is 9.55. The summed E-state index contributed by atoms with van der Waals surface area (Å²) in [5.41, 5.74) is 1.74. The van der Waals surface area contributed by atoms with E-state index in [9.17, 15) is 10.1 Å². The number of rotatable bonds is 2. The molecule has 1 aliphatic rings. The predicted molar refractivity (Wildman–Crippen MR) is 100 cm³/mol. The van der Waals surface area contributed by atoms with Crippen molar-refractivity contribution in [3.63, 3.8) is 0 Å². The number of benzene rings is 1. The Labute approximate surface area is 157 Å². The number of aromatic nitrogens is 1. The third kappa shape index (κ3) is 2.91. The van der Waals surface area contributed by atoms with Gasteiger partial charge in [0.2, 0.25) is 0 Å². The summed E-state index contributed by atoms with van der Waals surface area (Å²) in [4.78, 5) is 12.5. The molecule has 2 heterocycles. The van der Waals surface area contributed by atoms with E-state index in [0.717, 1.165) is 11.1 Å². The van der Waals surface area contributed by atoms with Gasteiger partial charge in [0.25, 0.3) is 5.56 Å². The van der Waals surface area contributed by atoms with Crippen molar-refractivity contribution in [2.24, 2.45) is 0 Å². The summed E-state index contributed by atoms with van der Waals surface area (Å²) in [6.07, 6.45) is 1.81. The van der Waals surface area contributed by atoms with E-state index in [1.807, 2.05) is 26.1 Å². The molecule has 0 saturated carbocycles.